The Balaban J connectivity index is 2.03. The highest BCUT2D eigenvalue weighted by Gasteiger charge is 2.17. The molecule has 21 heavy (non-hydrogen) atoms. The molecule has 114 valence electrons. The Morgan fingerprint density at radius 2 is 1.95 bits per heavy atom. The van der Waals surface area contributed by atoms with Crippen LogP contribution in [0.25, 0.3) is 0 Å². The molecule has 1 aromatic heterocycles. The van der Waals surface area contributed by atoms with E-state index in [1.807, 2.05) is 24.4 Å². The second-order valence-electron chi connectivity index (χ2n) is 4.92. The maximum Gasteiger partial charge on any atom is 0.240 e. The highest BCUT2D eigenvalue weighted by molar-refractivity contribution is 7.89. The van der Waals surface area contributed by atoms with E-state index in [9.17, 15) is 8.42 Å². The van der Waals surface area contributed by atoms with Crippen molar-refractivity contribution in [3.8, 4) is 0 Å². The minimum Gasteiger partial charge on any atom is -0.396 e. The van der Waals surface area contributed by atoms with Crippen molar-refractivity contribution in [3.63, 3.8) is 0 Å². The van der Waals surface area contributed by atoms with Crippen molar-refractivity contribution in [2.75, 3.05) is 6.61 Å². The van der Waals surface area contributed by atoms with Gasteiger partial charge in [0.15, 0.2) is 0 Å². The summed E-state index contributed by atoms with van der Waals surface area (Å²) in [5.41, 5.74) is 0.920. The molecule has 0 saturated heterocycles. The van der Waals surface area contributed by atoms with Gasteiger partial charge in [-0.15, -0.1) is 11.3 Å². The van der Waals surface area contributed by atoms with Crippen molar-refractivity contribution >= 4 is 21.4 Å². The number of benzene rings is 1. The largest absolute Gasteiger partial charge is 0.396 e. The Bertz CT molecular complexity index is 649. The van der Waals surface area contributed by atoms with Crippen LogP contribution in [0.3, 0.4) is 0 Å². The van der Waals surface area contributed by atoms with Gasteiger partial charge in [0.2, 0.25) is 10.0 Å². The van der Waals surface area contributed by atoms with E-state index in [4.69, 9.17) is 5.11 Å². The Morgan fingerprint density at radius 3 is 2.52 bits per heavy atom. The summed E-state index contributed by atoms with van der Waals surface area (Å²) in [5.74, 6) is 0. The van der Waals surface area contributed by atoms with E-state index in [0.29, 0.717) is 12.8 Å². The summed E-state index contributed by atoms with van der Waals surface area (Å²) in [6.45, 7) is 1.92. The Kier molecular flexibility index (Phi) is 5.52. The monoisotopic (exact) mass is 325 g/mol. The third-order valence-corrected chi connectivity index (χ3v) is 5.58. The van der Waals surface area contributed by atoms with Crippen LogP contribution in [0.2, 0.25) is 0 Å². The molecule has 2 rings (SSSR count). The molecule has 1 heterocycles. The van der Waals surface area contributed by atoms with Crippen LogP contribution in [0.4, 0.5) is 0 Å². The molecule has 0 aliphatic heterocycles. The van der Waals surface area contributed by atoms with E-state index in [-0.39, 0.29) is 17.5 Å². The minimum atomic E-state index is -3.50. The maximum atomic E-state index is 12.3. The van der Waals surface area contributed by atoms with Gasteiger partial charge < -0.3 is 5.11 Å². The number of aliphatic hydroxyl groups excluding tert-OH is 1. The zero-order chi connectivity index (χ0) is 15.3. The molecule has 0 bridgehead atoms. The molecule has 0 radical (unpaired) electrons. The Morgan fingerprint density at radius 1 is 1.24 bits per heavy atom. The molecular weight excluding hydrogens is 306 g/mol. The molecule has 0 amide bonds. The molecular formula is C15H19NO3S2. The molecule has 0 aliphatic rings. The highest BCUT2D eigenvalue weighted by Crippen LogP contribution is 2.14. The molecule has 0 aliphatic carbocycles. The van der Waals surface area contributed by atoms with E-state index in [2.05, 4.69) is 4.72 Å². The van der Waals surface area contributed by atoms with Crippen LogP contribution in [0.1, 0.15) is 17.4 Å². The average molecular weight is 325 g/mol. The van der Waals surface area contributed by atoms with Gasteiger partial charge in [0.25, 0.3) is 0 Å². The van der Waals surface area contributed by atoms with Crippen LogP contribution in [-0.2, 0) is 22.9 Å². The molecule has 0 spiro atoms. The lowest BCUT2D eigenvalue weighted by Crippen LogP contribution is -2.33. The van der Waals surface area contributed by atoms with Gasteiger partial charge in [0, 0.05) is 17.5 Å². The van der Waals surface area contributed by atoms with Crippen LogP contribution < -0.4 is 4.72 Å². The third-order valence-electron chi connectivity index (χ3n) is 3.08. The van der Waals surface area contributed by atoms with E-state index in [1.54, 1.807) is 35.6 Å². The number of hydrogen-bond donors (Lipinski definition) is 2. The first-order valence-electron chi connectivity index (χ1n) is 6.76. The number of rotatable bonds is 7. The van der Waals surface area contributed by atoms with Crippen molar-refractivity contribution in [1.82, 2.24) is 4.72 Å². The predicted octanol–water partition coefficient (Wildman–Crippen LogP) is 2.19. The normalized spacial score (nSPS) is 13.2. The summed E-state index contributed by atoms with van der Waals surface area (Å²) >= 11 is 1.62. The quantitative estimate of drug-likeness (QED) is 0.820. The maximum absolute atomic E-state index is 12.3. The van der Waals surface area contributed by atoms with Crippen molar-refractivity contribution in [3.05, 3.63) is 52.2 Å². The second-order valence-corrected chi connectivity index (χ2v) is 7.67. The summed E-state index contributed by atoms with van der Waals surface area (Å²) < 4.78 is 27.3. The zero-order valence-electron chi connectivity index (χ0n) is 11.8. The first-order valence-corrected chi connectivity index (χ1v) is 9.12. The summed E-state index contributed by atoms with van der Waals surface area (Å²) in [6, 6.07) is 10.4. The first-order chi connectivity index (χ1) is 10.0. The molecule has 6 heteroatoms. The van der Waals surface area contributed by atoms with E-state index < -0.39 is 10.0 Å². The lowest BCUT2D eigenvalue weighted by atomic mass is 10.2. The van der Waals surface area contributed by atoms with Gasteiger partial charge in [-0.1, -0.05) is 18.2 Å². The van der Waals surface area contributed by atoms with Gasteiger partial charge in [0.1, 0.15) is 0 Å². The fourth-order valence-corrected chi connectivity index (χ4v) is 4.15. The summed E-state index contributed by atoms with van der Waals surface area (Å²) in [5, 5.41) is 10.8. The molecule has 1 unspecified atom stereocenters. The molecule has 2 aromatic rings. The van der Waals surface area contributed by atoms with Crippen LogP contribution in [-0.4, -0.2) is 26.2 Å². The molecule has 2 N–H and O–H groups in total. The minimum absolute atomic E-state index is 0.0577. The summed E-state index contributed by atoms with van der Waals surface area (Å²) in [7, 11) is -3.50. The lowest BCUT2D eigenvalue weighted by Gasteiger charge is -2.13. The Labute approximate surface area is 129 Å². The molecule has 1 atom stereocenters. The topological polar surface area (TPSA) is 66.4 Å². The molecule has 0 fully saturated rings. The molecule has 1 aromatic carbocycles. The van der Waals surface area contributed by atoms with E-state index in [1.165, 1.54) is 0 Å². The second kappa shape index (κ2) is 7.17. The van der Waals surface area contributed by atoms with Crippen LogP contribution in [0, 0.1) is 0 Å². The van der Waals surface area contributed by atoms with Gasteiger partial charge in [-0.2, -0.15) is 0 Å². The van der Waals surface area contributed by atoms with E-state index >= 15 is 0 Å². The van der Waals surface area contributed by atoms with Gasteiger partial charge in [0.05, 0.1) is 4.90 Å². The number of thiophene rings is 1. The van der Waals surface area contributed by atoms with Crippen LogP contribution in [0.5, 0.6) is 0 Å². The number of sulfonamides is 1. The molecule has 0 saturated carbocycles. The van der Waals surface area contributed by atoms with Crippen molar-refractivity contribution in [1.29, 1.82) is 0 Å². The Hall–Kier alpha value is -1.21. The average Bonchev–Trinajstić information content (AvgIpc) is 2.92. The lowest BCUT2D eigenvalue weighted by molar-refractivity contribution is 0.299. The fraction of sp³-hybridized carbons (Fsp3) is 0.333. The summed E-state index contributed by atoms with van der Waals surface area (Å²) in [6.07, 6.45) is 1.21. The first kappa shape index (κ1) is 16.2. The standard InChI is InChI=1S/C15H19NO3S2/c1-12(11-14-3-2-10-20-14)16-21(18,19)15-6-4-13(5-7-15)8-9-17/h2-7,10,12,16-17H,8-9,11H2,1H3. The van der Waals surface area contributed by atoms with Crippen molar-refractivity contribution < 1.29 is 13.5 Å². The van der Waals surface area contributed by atoms with Gasteiger partial charge in [-0.3, -0.25) is 0 Å². The van der Waals surface area contributed by atoms with Gasteiger partial charge in [-0.25, -0.2) is 13.1 Å². The summed E-state index contributed by atoms with van der Waals surface area (Å²) in [4.78, 5) is 1.41. The van der Waals surface area contributed by atoms with Crippen LogP contribution >= 0.6 is 11.3 Å². The third kappa shape index (κ3) is 4.64. The van der Waals surface area contributed by atoms with Gasteiger partial charge >= 0.3 is 0 Å². The van der Waals surface area contributed by atoms with Crippen molar-refractivity contribution in [2.45, 2.75) is 30.7 Å². The highest BCUT2D eigenvalue weighted by atomic mass is 32.2. The zero-order valence-corrected chi connectivity index (χ0v) is 13.5. The van der Waals surface area contributed by atoms with E-state index in [0.717, 1.165) is 10.4 Å². The number of aliphatic hydroxyl groups is 1. The van der Waals surface area contributed by atoms with Gasteiger partial charge in [-0.05, 0) is 48.9 Å². The van der Waals surface area contributed by atoms with Crippen molar-refractivity contribution in [2.24, 2.45) is 0 Å². The molecule has 4 nitrogen and oxygen atoms in total. The predicted molar refractivity (Wildman–Crippen MR) is 85.0 cm³/mol. The number of nitrogens with one attached hydrogen (secondary N) is 1. The fourth-order valence-electron chi connectivity index (χ4n) is 2.07. The SMILES string of the molecule is CC(Cc1cccs1)NS(=O)(=O)c1ccc(CCO)cc1. The smallest absolute Gasteiger partial charge is 0.240 e. The number of hydrogen-bond acceptors (Lipinski definition) is 4. The van der Waals surface area contributed by atoms with Crippen LogP contribution in [0.15, 0.2) is 46.7 Å².